The number of hydrogen-bond acceptors (Lipinski definition) is 6. The number of nitrogens with zero attached hydrogens (tertiary/aromatic N) is 1. The molecule has 1 aromatic rings. The lowest BCUT2D eigenvalue weighted by atomic mass is 10.1. The Hall–Kier alpha value is -2.57. The minimum absolute atomic E-state index is 0.192. The Morgan fingerprint density at radius 2 is 2.12 bits per heavy atom. The van der Waals surface area contributed by atoms with Gasteiger partial charge in [0.25, 0.3) is 0 Å². The topological polar surface area (TPSA) is 110 Å². The molecule has 0 saturated carbocycles. The van der Waals surface area contributed by atoms with Crippen LogP contribution in [0.4, 0.5) is 5.69 Å². The van der Waals surface area contributed by atoms with Gasteiger partial charge in [0.05, 0.1) is 12.0 Å². The highest BCUT2D eigenvalue weighted by molar-refractivity contribution is 5.87. The number of benzene rings is 1. The Morgan fingerprint density at radius 1 is 1.47 bits per heavy atom. The van der Waals surface area contributed by atoms with Crippen molar-refractivity contribution in [1.82, 2.24) is 0 Å². The van der Waals surface area contributed by atoms with Gasteiger partial charge in [-0.15, -0.1) is 0 Å². The molecule has 0 atom stereocenters. The maximum Gasteiger partial charge on any atom is 0.330 e. The molecule has 0 aliphatic heterocycles. The van der Waals surface area contributed by atoms with Crippen LogP contribution in [0.5, 0.6) is 11.5 Å². The molecule has 2 N–H and O–H groups in total. The molecule has 7 heteroatoms. The summed E-state index contributed by atoms with van der Waals surface area (Å²) >= 11 is 0. The number of hydrogen-bond donors (Lipinski definition) is 2. The second-order valence-electron chi connectivity index (χ2n) is 3.02. The average Bonchev–Trinajstić information content (AvgIpc) is 2.29. The third kappa shape index (κ3) is 2.94. The van der Waals surface area contributed by atoms with Gasteiger partial charge >= 0.3 is 11.7 Å². The number of nitro groups is 1. The number of nitro benzene ring substituents is 1. The quantitative estimate of drug-likeness (QED) is 0.269. The number of phenols is 2. The van der Waals surface area contributed by atoms with Gasteiger partial charge in [-0.1, -0.05) is 0 Å². The van der Waals surface area contributed by atoms with E-state index in [0.29, 0.717) is 0 Å². The number of aromatic hydroxyl groups is 2. The zero-order valence-electron chi connectivity index (χ0n) is 8.78. The normalized spacial score (nSPS) is 10.4. The molecule has 0 radical (unpaired) electrons. The summed E-state index contributed by atoms with van der Waals surface area (Å²) in [5, 5.41) is 29.0. The van der Waals surface area contributed by atoms with Crippen molar-refractivity contribution in [2.75, 3.05) is 7.11 Å². The SMILES string of the molecule is COC(=O)C=Cc1cc(O)c(O)c([N+](=O)[O-])c1. The summed E-state index contributed by atoms with van der Waals surface area (Å²) in [6, 6.07) is 2.11. The molecule has 0 saturated heterocycles. The molecule has 0 amide bonds. The van der Waals surface area contributed by atoms with E-state index < -0.39 is 28.1 Å². The molecule has 0 aliphatic rings. The van der Waals surface area contributed by atoms with Gasteiger partial charge in [-0.2, -0.15) is 0 Å². The Kier molecular flexibility index (Phi) is 3.66. The van der Waals surface area contributed by atoms with Gasteiger partial charge in [-0.3, -0.25) is 10.1 Å². The lowest BCUT2D eigenvalue weighted by molar-refractivity contribution is -0.386. The molecule has 0 unspecified atom stereocenters. The summed E-state index contributed by atoms with van der Waals surface area (Å²) in [5.41, 5.74) is -0.452. The molecule has 0 aliphatic carbocycles. The number of methoxy groups -OCH3 is 1. The van der Waals surface area contributed by atoms with Crippen molar-refractivity contribution in [3.8, 4) is 11.5 Å². The van der Waals surface area contributed by atoms with Gasteiger partial charge in [0.15, 0.2) is 5.75 Å². The van der Waals surface area contributed by atoms with E-state index in [-0.39, 0.29) is 5.56 Å². The summed E-state index contributed by atoms with van der Waals surface area (Å²) in [5.74, 6) is -2.09. The number of ether oxygens (including phenoxy) is 1. The van der Waals surface area contributed by atoms with E-state index in [2.05, 4.69) is 4.74 Å². The van der Waals surface area contributed by atoms with Crippen molar-refractivity contribution in [3.05, 3.63) is 33.9 Å². The minimum Gasteiger partial charge on any atom is -0.504 e. The molecule has 0 bridgehead atoms. The monoisotopic (exact) mass is 239 g/mol. The third-order valence-corrected chi connectivity index (χ3v) is 1.90. The van der Waals surface area contributed by atoms with E-state index in [1.807, 2.05) is 0 Å². The van der Waals surface area contributed by atoms with Crippen molar-refractivity contribution in [2.45, 2.75) is 0 Å². The highest BCUT2D eigenvalue weighted by Gasteiger charge is 2.17. The van der Waals surface area contributed by atoms with Gasteiger partial charge in [-0.25, -0.2) is 4.79 Å². The number of rotatable bonds is 3. The summed E-state index contributed by atoms with van der Waals surface area (Å²) in [6.07, 6.45) is 2.26. The first-order chi connectivity index (χ1) is 7.95. The number of esters is 1. The number of carbonyl (C=O) groups is 1. The van der Waals surface area contributed by atoms with Crippen molar-refractivity contribution < 1.29 is 24.7 Å². The van der Waals surface area contributed by atoms with Crippen molar-refractivity contribution in [1.29, 1.82) is 0 Å². The van der Waals surface area contributed by atoms with Gasteiger partial charge in [-0.05, 0) is 17.7 Å². The molecule has 17 heavy (non-hydrogen) atoms. The molecule has 7 nitrogen and oxygen atoms in total. The second kappa shape index (κ2) is 4.97. The summed E-state index contributed by atoms with van der Waals surface area (Å²) < 4.78 is 4.33. The van der Waals surface area contributed by atoms with Gasteiger partial charge in [0.1, 0.15) is 0 Å². The Morgan fingerprint density at radius 3 is 2.65 bits per heavy atom. The predicted molar refractivity (Wildman–Crippen MR) is 57.5 cm³/mol. The maximum atomic E-state index is 10.8. The Balaban J connectivity index is 3.15. The Labute approximate surface area is 95.7 Å². The first kappa shape index (κ1) is 12.5. The lowest BCUT2D eigenvalue weighted by Gasteiger charge is -2.00. The third-order valence-electron chi connectivity index (χ3n) is 1.90. The highest BCUT2D eigenvalue weighted by atomic mass is 16.6. The fourth-order valence-electron chi connectivity index (χ4n) is 1.09. The molecule has 0 heterocycles. The largest absolute Gasteiger partial charge is 0.504 e. The van der Waals surface area contributed by atoms with Gasteiger partial charge < -0.3 is 14.9 Å². The van der Waals surface area contributed by atoms with Crippen molar-refractivity contribution >= 4 is 17.7 Å². The maximum absolute atomic E-state index is 10.8. The van der Waals surface area contributed by atoms with Gasteiger partial charge in [0, 0.05) is 12.1 Å². The van der Waals surface area contributed by atoms with Crippen LogP contribution in [0.25, 0.3) is 6.08 Å². The van der Waals surface area contributed by atoms with Crippen LogP contribution in [0.2, 0.25) is 0 Å². The van der Waals surface area contributed by atoms with Crippen LogP contribution in [0, 0.1) is 10.1 Å². The summed E-state index contributed by atoms with van der Waals surface area (Å²) in [7, 11) is 1.18. The zero-order valence-corrected chi connectivity index (χ0v) is 8.78. The molecule has 1 rings (SSSR count). The standard InChI is InChI=1S/C10H9NO6/c1-17-9(13)3-2-6-4-7(11(15)16)10(14)8(12)5-6/h2-5,12,14H,1H3. The highest BCUT2D eigenvalue weighted by Crippen LogP contribution is 2.36. The minimum atomic E-state index is -0.843. The van der Waals surface area contributed by atoms with Crippen LogP contribution < -0.4 is 0 Å². The second-order valence-corrected chi connectivity index (χ2v) is 3.02. The summed E-state index contributed by atoms with van der Waals surface area (Å²) in [4.78, 5) is 20.5. The van der Waals surface area contributed by atoms with E-state index in [4.69, 9.17) is 0 Å². The molecule has 90 valence electrons. The first-order valence-corrected chi connectivity index (χ1v) is 4.42. The van der Waals surface area contributed by atoms with Crippen LogP contribution in [0.3, 0.4) is 0 Å². The molecule has 0 spiro atoms. The molecule has 0 aromatic heterocycles. The lowest BCUT2D eigenvalue weighted by Crippen LogP contribution is -1.94. The first-order valence-electron chi connectivity index (χ1n) is 4.42. The number of phenolic OH excluding ortho intramolecular Hbond substituents is 2. The van der Waals surface area contributed by atoms with E-state index >= 15 is 0 Å². The average molecular weight is 239 g/mol. The van der Waals surface area contributed by atoms with Crippen LogP contribution >= 0.6 is 0 Å². The molecular formula is C10H9NO6. The predicted octanol–water partition coefficient (Wildman–Crippen LogP) is 1.19. The van der Waals surface area contributed by atoms with E-state index in [1.54, 1.807) is 0 Å². The molecule has 1 aromatic carbocycles. The van der Waals surface area contributed by atoms with E-state index in [9.17, 15) is 25.1 Å². The van der Waals surface area contributed by atoms with Crippen LogP contribution in [-0.4, -0.2) is 28.2 Å². The van der Waals surface area contributed by atoms with Gasteiger partial charge in [0.2, 0.25) is 5.75 Å². The Bertz CT molecular complexity index is 494. The van der Waals surface area contributed by atoms with Crippen LogP contribution in [0.1, 0.15) is 5.56 Å². The zero-order chi connectivity index (χ0) is 13.0. The van der Waals surface area contributed by atoms with E-state index in [1.165, 1.54) is 13.2 Å². The summed E-state index contributed by atoms with van der Waals surface area (Å²) in [6.45, 7) is 0. The van der Waals surface area contributed by atoms with E-state index in [0.717, 1.165) is 18.2 Å². The van der Waals surface area contributed by atoms with Crippen molar-refractivity contribution in [3.63, 3.8) is 0 Å². The fraction of sp³-hybridized carbons (Fsp3) is 0.100. The van der Waals surface area contributed by atoms with Crippen molar-refractivity contribution in [2.24, 2.45) is 0 Å². The molecule has 0 fully saturated rings. The fourth-order valence-corrected chi connectivity index (χ4v) is 1.09. The molecular weight excluding hydrogens is 230 g/mol. The number of carbonyl (C=O) groups excluding carboxylic acids is 1. The van der Waals surface area contributed by atoms with Crippen LogP contribution in [0.15, 0.2) is 18.2 Å². The smallest absolute Gasteiger partial charge is 0.330 e. The van der Waals surface area contributed by atoms with Crippen LogP contribution in [-0.2, 0) is 9.53 Å².